The molecule has 2 amide bonds. The number of rotatable bonds is 6. The molecule has 0 aromatic heterocycles. The van der Waals surface area contributed by atoms with Gasteiger partial charge in [-0.25, -0.2) is 0 Å². The van der Waals surface area contributed by atoms with Gasteiger partial charge in [0.1, 0.15) is 5.75 Å². The summed E-state index contributed by atoms with van der Waals surface area (Å²) in [6, 6.07) is 11.7. The lowest BCUT2D eigenvalue weighted by atomic mass is 10.2. The number of ether oxygens (including phenoxy) is 1. The van der Waals surface area contributed by atoms with Crippen LogP contribution in [0.1, 0.15) is 34.1 Å². The molecule has 2 aromatic rings. The zero-order valence-corrected chi connectivity index (χ0v) is 15.7. The number of amides is 2. The number of nitrogens with zero attached hydrogens (tertiary/aromatic N) is 1. The third-order valence-corrected chi connectivity index (χ3v) is 3.65. The predicted octanol–water partition coefficient (Wildman–Crippen LogP) is 2.33. The number of para-hydroxylation sites is 1. The lowest BCUT2D eigenvalue weighted by Crippen LogP contribution is -2.48. The van der Waals surface area contributed by atoms with Gasteiger partial charge < -0.3 is 4.74 Å². The summed E-state index contributed by atoms with van der Waals surface area (Å²) in [5, 5.41) is 12.9. The Hall–Kier alpha value is -3.53. The van der Waals surface area contributed by atoms with E-state index in [1.165, 1.54) is 24.3 Å². The maximum atomic E-state index is 12.4. The molecule has 0 aliphatic rings. The van der Waals surface area contributed by atoms with Crippen LogP contribution in [0.2, 0.25) is 0 Å². The predicted molar refractivity (Wildman–Crippen MR) is 106 cm³/mol. The lowest BCUT2D eigenvalue weighted by molar-refractivity contribution is -0.384. The summed E-state index contributed by atoms with van der Waals surface area (Å²) >= 11 is 5.00. The Morgan fingerprint density at radius 2 is 1.75 bits per heavy atom. The van der Waals surface area contributed by atoms with Crippen molar-refractivity contribution in [3.8, 4) is 5.75 Å². The van der Waals surface area contributed by atoms with Gasteiger partial charge in [0.25, 0.3) is 17.5 Å². The first-order chi connectivity index (χ1) is 13.4. The monoisotopic (exact) mass is 402 g/mol. The molecule has 9 nitrogen and oxygen atoms in total. The molecule has 2 rings (SSSR count). The SMILES string of the molecule is CCCOc1ccccc1C(=O)NC(=S)NNC(=O)c1ccc([N+](=O)[O-])cc1. The third-order valence-electron chi connectivity index (χ3n) is 3.45. The third kappa shape index (κ3) is 5.74. The van der Waals surface area contributed by atoms with Gasteiger partial charge in [-0.1, -0.05) is 19.1 Å². The Balaban J connectivity index is 1.91. The number of thiocarbonyl (C=S) groups is 1. The summed E-state index contributed by atoms with van der Waals surface area (Å²) in [5.41, 5.74) is 5.08. The molecule has 3 N–H and O–H groups in total. The van der Waals surface area contributed by atoms with Crippen molar-refractivity contribution in [3.05, 3.63) is 69.8 Å². The number of hydrogen-bond donors (Lipinski definition) is 3. The quantitative estimate of drug-likeness (QED) is 0.385. The van der Waals surface area contributed by atoms with E-state index in [0.29, 0.717) is 17.9 Å². The number of carbonyl (C=O) groups excluding carboxylic acids is 2. The van der Waals surface area contributed by atoms with Gasteiger partial charge in [0.2, 0.25) is 0 Å². The van der Waals surface area contributed by atoms with E-state index in [1.807, 2.05) is 6.92 Å². The molecule has 0 bridgehead atoms. The summed E-state index contributed by atoms with van der Waals surface area (Å²) in [6.45, 7) is 2.42. The maximum absolute atomic E-state index is 12.4. The summed E-state index contributed by atoms with van der Waals surface area (Å²) in [5.74, 6) is -0.633. The van der Waals surface area contributed by atoms with Crippen molar-refractivity contribution in [3.63, 3.8) is 0 Å². The van der Waals surface area contributed by atoms with Crippen LogP contribution < -0.4 is 20.9 Å². The normalized spacial score (nSPS) is 9.89. The molecule has 0 atom stereocenters. The second kappa shape index (κ2) is 9.97. The second-order valence-electron chi connectivity index (χ2n) is 5.51. The van der Waals surface area contributed by atoms with E-state index in [9.17, 15) is 19.7 Å². The van der Waals surface area contributed by atoms with E-state index in [1.54, 1.807) is 24.3 Å². The number of hydrazine groups is 1. The van der Waals surface area contributed by atoms with Gasteiger partial charge in [-0.2, -0.15) is 0 Å². The molecule has 0 saturated heterocycles. The maximum Gasteiger partial charge on any atom is 0.269 e. The minimum absolute atomic E-state index is 0.120. The number of benzene rings is 2. The molecule has 28 heavy (non-hydrogen) atoms. The fourth-order valence-electron chi connectivity index (χ4n) is 2.11. The highest BCUT2D eigenvalue weighted by molar-refractivity contribution is 7.80. The van der Waals surface area contributed by atoms with E-state index in [4.69, 9.17) is 17.0 Å². The average molecular weight is 402 g/mol. The van der Waals surface area contributed by atoms with Crippen molar-refractivity contribution in [1.82, 2.24) is 16.2 Å². The Bertz CT molecular complexity index is 886. The Morgan fingerprint density at radius 3 is 2.39 bits per heavy atom. The molecule has 146 valence electrons. The number of nitrogens with one attached hydrogen (secondary N) is 3. The molecule has 10 heteroatoms. The fourth-order valence-corrected chi connectivity index (χ4v) is 2.26. The molecule has 0 fully saturated rings. The number of nitro groups is 1. The molecule has 0 aliphatic heterocycles. The number of non-ortho nitro benzene ring substituents is 1. The summed E-state index contributed by atoms with van der Waals surface area (Å²) in [6.07, 6.45) is 0.796. The van der Waals surface area contributed by atoms with Gasteiger partial charge in [-0.05, 0) is 42.9 Å². The van der Waals surface area contributed by atoms with E-state index in [2.05, 4.69) is 16.2 Å². The zero-order chi connectivity index (χ0) is 20.5. The van der Waals surface area contributed by atoms with Crippen molar-refractivity contribution in [2.45, 2.75) is 13.3 Å². The zero-order valence-electron chi connectivity index (χ0n) is 14.9. The van der Waals surface area contributed by atoms with Gasteiger partial charge in [0.15, 0.2) is 5.11 Å². The van der Waals surface area contributed by atoms with Gasteiger partial charge in [-0.15, -0.1) is 0 Å². The molecule has 0 heterocycles. The molecular formula is C18H18N4O5S. The van der Waals surface area contributed by atoms with E-state index >= 15 is 0 Å². The van der Waals surface area contributed by atoms with E-state index in [0.717, 1.165) is 6.42 Å². The summed E-state index contributed by atoms with van der Waals surface area (Å²) < 4.78 is 5.53. The average Bonchev–Trinajstić information content (AvgIpc) is 2.70. The van der Waals surface area contributed by atoms with Crippen molar-refractivity contribution in [1.29, 1.82) is 0 Å². The van der Waals surface area contributed by atoms with Crippen LogP contribution in [0.15, 0.2) is 48.5 Å². The molecule has 0 aliphatic carbocycles. The smallest absolute Gasteiger partial charge is 0.269 e. The Kier molecular flexibility index (Phi) is 7.40. The van der Waals surface area contributed by atoms with Crippen LogP contribution in [0.4, 0.5) is 5.69 Å². The van der Waals surface area contributed by atoms with E-state index in [-0.39, 0.29) is 16.4 Å². The Labute approximate surface area is 166 Å². The fraction of sp³-hybridized carbons (Fsp3) is 0.167. The highest BCUT2D eigenvalue weighted by Gasteiger charge is 2.14. The number of carbonyl (C=O) groups is 2. The van der Waals surface area contributed by atoms with Gasteiger partial charge in [0.05, 0.1) is 17.1 Å². The molecule has 2 aromatic carbocycles. The highest BCUT2D eigenvalue weighted by Crippen LogP contribution is 2.18. The second-order valence-corrected chi connectivity index (χ2v) is 5.92. The molecule has 0 saturated carbocycles. The molecular weight excluding hydrogens is 384 g/mol. The van der Waals surface area contributed by atoms with Crippen LogP contribution in [0.3, 0.4) is 0 Å². The standard InChI is InChI=1S/C18H18N4O5S/c1-2-11-27-15-6-4-3-5-14(15)17(24)19-18(28)21-20-16(23)12-7-9-13(10-8-12)22(25)26/h3-10H,2,11H2,1H3,(H,20,23)(H2,19,21,24,28). The van der Waals surface area contributed by atoms with Crippen molar-refractivity contribution < 1.29 is 19.2 Å². The summed E-state index contributed by atoms with van der Waals surface area (Å²) in [4.78, 5) is 34.4. The van der Waals surface area contributed by atoms with Crippen LogP contribution in [0, 0.1) is 10.1 Å². The van der Waals surface area contributed by atoms with Crippen LogP contribution in [0.25, 0.3) is 0 Å². The molecule has 0 radical (unpaired) electrons. The van der Waals surface area contributed by atoms with Gasteiger partial charge in [0, 0.05) is 17.7 Å². The largest absolute Gasteiger partial charge is 0.493 e. The Morgan fingerprint density at radius 1 is 1.07 bits per heavy atom. The van der Waals surface area contributed by atoms with Crippen LogP contribution >= 0.6 is 12.2 Å². The van der Waals surface area contributed by atoms with Crippen molar-refractivity contribution in [2.75, 3.05) is 6.61 Å². The molecule has 0 spiro atoms. The lowest BCUT2D eigenvalue weighted by Gasteiger charge is -2.13. The van der Waals surface area contributed by atoms with Gasteiger partial charge in [-0.3, -0.25) is 35.9 Å². The van der Waals surface area contributed by atoms with Crippen LogP contribution in [0.5, 0.6) is 5.75 Å². The van der Waals surface area contributed by atoms with E-state index < -0.39 is 16.7 Å². The number of nitro benzene ring substituents is 1. The highest BCUT2D eigenvalue weighted by atomic mass is 32.1. The van der Waals surface area contributed by atoms with Crippen LogP contribution in [-0.2, 0) is 0 Å². The minimum atomic E-state index is -0.571. The first kappa shape index (κ1) is 20.8. The number of hydrogen-bond acceptors (Lipinski definition) is 6. The van der Waals surface area contributed by atoms with Gasteiger partial charge >= 0.3 is 0 Å². The topological polar surface area (TPSA) is 123 Å². The first-order valence-corrected chi connectivity index (χ1v) is 8.71. The molecule has 0 unspecified atom stereocenters. The van der Waals surface area contributed by atoms with Crippen molar-refractivity contribution >= 4 is 34.8 Å². The summed E-state index contributed by atoms with van der Waals surface area (Å²) in [7, 11) is 0. The first-order valence-electron chi connectivity index (χ1n) is 8.30. The minimum Gasteiger partial charge on any atom is -0.493 e. The van der Waals surface area contributed by atoms with Crippen LogP contribution in [-0.4, -0.2) is 28.5 Å². The van der Waals surface area contributed by atoms with Crippen molar-refractivity contribution in [2.24, 2.45) is 0 Å².